The Kier molecular flexibility index (Phi) is 3.91. The van der Waals surface area contributed by atoms with Gasteiger partial charge in [0.05, 0.1) is 11.2 Å². The first-order chi connectivity index (χ1) is 9.13. The maximum absolute atomic E-state index is 5.86. The van der Waals surface area contributed by atoms with Crippen LogP contribution in [-0.2, 0) is 0 Å². The van der Waals surface area contributed by atoms with Crippen LogP contribution in [-0.4, -0.2) is 32.4 Å². The molecule has 0 saturated carbocycles. The maximum atomic E-state index is 5.86. The Morgan fingerprint density at radius 3 is 2.84 bits per heavy atom. The molecule has 5 atom stereocenters. The molecule has 3 rings (SSSR count). The molecule has 4 nitrogen and oxygen atoms in total. The van der Waals surface area contributed by atoms with Crippen LogP contribution in [0.25, 0.3) is 0 Å². The molecule has 0 amide bonds. The summed E-state index contributed by atoms with van der Waals surface area (Å²) in [7, 11) is 0. The summed E-state index contributed by atoms with van der Waals surface area (Å²) >= 11 is 3.95. The zero-order chi connectivity index (χ0) is 13.4. The van der Waals surface area contributed by atoms with Gasteiger partial charge in [0.1, 0.15) is 0 Å². The summed E-state index contributed by atoms with van der Waals surface area (Å²) in [5.41, 5.74) is 5.86. The Labute approximate surface area is 122 Å². The Balaban J connectivity index is 1.70. The quantitative estimate of drug-likeness (QED) is 0.847. The second-order valence-corrected chi connectivity index (χ2v) is 8.25. The summed E-state index contributed by atoms with van der Waals surface area (Å²) in [5, 5.41) is 5.86. The minimum Gasteiger partial charge on any atom is -0.339 e. The monoisotopic (exact) mass is 297 g/mol. The van der Waals surface area contributed by atoms with Crippen molar-refractivity contribution in [1.82, 2.24) is 10.1 Å². The van der Waals surface area contributed by atoms with Gasteiger partial charge in [-0.3, -0.25) is 0 Å². The zero-order valence-electron chi connectivity index (χ0n) is 11.2. The molecule has 0 radical (unpaired) electrons. The molecule has 2 aliphatic rings. The number of rotatable bonds is 2. The van der Waals surface area contributed by atoms with Crippen LogP contribution < -0.4 is 5.73 Å². The fourth-order valence-electron chi connectivity index (χ4n) is 2.36. The molecule has 19 heavy (non-hydrogen) atoms. The molecular formula is C13H19N3OS2. The molecule has 1 aliphatic heterocycles. The van der Waals surface area contributed by atoms with Gasteiger partial charge in [0, 0.05) is 22.3 Å². The van der Waals surface area contributed by atoms with E-state index >= 15 is 0 Å². The first kappa shape index (κ1) is 13.5. The van der Waals surface area contributed by atoms with Crippen molar-refractivity contribution in [3.05, 3.63) is 23.9 Å². The van der Waals surface area contributed by atoms with Crippen molar-refractivity contribution in [3.63, 3.8) is 0 Å². The van der Waals surface area contributed by atoms with Crippen LogP contribution in [0.5, 0.6) is 0 Å². The molecule has 1 aliphatic carbocycles. The van der Waals surface area contributed by atoms with Crippen LogP contribution in [0, 0.1) is 0 Å². The maximum Gasteiger partial charge on any atom is 0.233 e. The summed E-state index contributed by atoms with van der Waals surface area (Å²) in [6, 6.07) is 0.126. The van der Waals surface area contributed by atoms with Crippen molar-refractivity contribution < 1.29 is 4.52 Å². The summed E-state index contributed by atoms with van der Waals surface area (Å²) in [6.45, 7) is 4.55. The van der Waals surface area contributed by atoms with E-state index in [1.165, 1.54) is 0 Å². The summed E-state index contributed by atoms with van der Waals surface area (Å²) in [4.78, 5) is 4.59. The molecule has 2 N–H and O–H groups in total. The van der Waals surface area contributed by atoms with Gasteiger partial charge >= 0.3 is 0 Å². The van der Waals surface area contributed by atoms with Gasteiger partial charge < -0.3 is 10.3 Å². The molecule has 0 aromatic carbocycles. The topological polar surface area (TPSA) is 64.9 Å². The van der Waals surface area contributed by atoms with Gasteiger partial charge in [-0.2, -0.15) is 16.7 Å². The fraction of sp³-hybridized carbons (Fsp3) is 0.692. The van der Waals surface area contributed by atoms with Gasteiger partial charge in [0.25, 0.3) is 0 Å². The van der Waals surface area contributed by atoms with Gasteiger partial charge in [0.15, 0.2) is 5.82 Å². The number of hydrogen-bond acceptors (Lipinski definition) is 6. The predicted octanol–water partition coefficient (Wildman–Crippen LogP) is 2.74. The third kappa shape index (κ3) is 2.85. The van der Waals surface area contributed by atoms with Crippen LogP contribution in [0.2, 0.25) is 0 Å². The lowest BCUT2D eigenvalue weighted by Crippen LogP contribution is -2.22. The van der Waals surface area contributed by atoms with Gasteiger partial charge in [-0.1, -0.05) is 31.2 Å². The van der Waals surface area contributed by atoms with Crippen LogP contribution in [0.4, 0.5) is 0 Å². The normalized spacial score (nSPS) is 38.8. The van der Waals surface area contributed by atoms with Crippen molar-refractivity contribution in [2.45, 2.75) is 48.0 Å². The predicted molar refractivity (Wildman–Crippen MR) is 80.5 cm³/mol. The Bertz CT molecular complexity index is 476. The Morgan fingerprint density at radius 2 is 2.16 bits per heavy atom. The number of aromatic nitrogens is 2. The Hall–Kier alpha value is -0.460. The molecule has 5 unspecified atom stereocenters. The van der Waals surface area contributed by atoms with Crippen LogP contribution in [0.15, 0.2) is 16.7 Å². The zero-order valence-corrected chi connectivity index (χ0v) is 12.8. The Morgan fingerprint density at radius 1 is 1.32 bits per heavy atom. The summed E-state index contributed by atoms with van der Waals surface area (Å²) in [6.07, 6.45) is 4.97. The number of nitrogens with two attached hydrogens (primary N) is 1. The van der Waals surface area contributed by atoms with Gasteiger partial charge in [-0.05, 0) is 6.42 Å². The van der Waals surface area contributed by atoms with E-state index in [1.807, 2.05) is 29.6 Å². The highest BCUT2D eigenvalue weighted by molar-refractivity contribution is 8.07. The molecule has 1 aromatic heterocycles. The summed E-state index contributed by atoms with van der Waals surface area (Å²) < 4.78 is 5.42. The van der Waals surface area contributed by atoms with Crippen LogP contribution in [0.3, 0.4) is 0 Å². The van der Waals surface area contributed by atoms with E-state index in [0.29, 0.717) is 15.7 Å². The largest absolute Gasteiger partial charge is 0.339 e. The number of thioether (sulfide) groups is 2. The highest BCUT2D eigenvalue weighted by Crippen LogP contribution is 2.43. The van der Waals surface area contributed by atoms with Gasteiger partial charge in [0.2, 0.25) is 5.89 Å². The van der Waals surface area contributed by atoms with E-state index in [-0.39, 0.29) is 12.0 Å². The van der Waals surface area contributed by atoms with Gasteiger partial charge in [-0.25, -0.2) is 0 Å². The lowest BCUT2D eigenvalue weighted by molar-refractivity contribution is 0.360. The highest BCUT2D eigenvalue weighted by Gasteiger charge is 2.31. The first-order valence-corrected chi connectivity index (χ1v) is 8.67. The van der Waals surface area contributed by atoms with Crippen molar-refractivity contribution in [1.29, 1.82) is 0 Å². The molecule has 1 saturated heterocycles. The smallest absolute Gasteiger partial charge is 0.233 e. The second kappa shape index (κ2) is 5.50. The fourth-order valence-corrected chi connectivity index (χ4v) is 5.19. The minimum atomic E-state index is 0.126. The lowest BCUT2D eigenvalue weighted by Gasteiger charge is -2.29. The van der Waals surface area contributed by atoms with Crippen molar-refractivity contribution in [2.75, 3.05) is 5.75 Å². The third-order valence-corrected chi connectivity index (χ3v) is 7.12. The SMILES string of the molecule is CC1SCC(c2noc(C3C=CC(N)C3)n2)SC1C. The summed E-state index contributed by atoms with van der Waals surface area (Å²) in [5.74, 6) is 2.83. The molecule has 6 heteroatoms. The van der Waals surface area contributed by atoms with E-state index in [9.17, 15) is 0 Å². The molecule has 0 spiro atoms. The molecule has 1 fully saturated rings. The van der Waals surface area contributed by atoms with Crippen LogP contribution >= 0.6 is 23.5 Å². The second-order valence-electron chi connectivity index (χ2n) is 5.25. The number of nitrogens with zero attached hydrogens (tertiary/aromatic N) is 2. The average molecular weight is 297 g/mol. The van der Waals surface area contributed by atoms with E-state index in [4.69, 9.17) is 10.3 Å². The van der Waals surface area contributed by atoms with Crippen molar-refractivity contribution in [2.24, 2.45) is 5.73 Å². The van der Waals surface area contributed by atoms with E-state index in [2.05, 4.69) is 30.1 Å². The van der Waals surface area contributed by atoms with E-state index in [0.717, 1.165) is 23.9 Å². The highest BCUT2D eigenvalue weighted by atomic mass is 32.2. The minimum absolute atomic E-state index is 0.126. The molecule has 0 bridgehead atoms. The third-order valence-electron chi connectivity index (χ3n) is 3.73. The molecular weight excluding hydrogens is 278 g/mol. The standard InChI is InChI=1S/C13H19N3OS2/c1-7-8(2)19-11(6-18-7)12-15-13(17-16-12)9-3-4-10(14)5-9/h3-4,7-11H,5-6,14H2,1-2H3. The average Bonchev–Trinajstić information content (AvgIpc) is 3.01. The van der Waals surface area contributed by atoms with Gasteiger partial charge in [-0.15, -0.1) is 11.8 Å². The number of hydrogen-bond donors (Lipinski definition) is 1. The first-order valence-electron chi connectivity index (χ1n) is 6.68. The molecule has 1 aromatic rings. The van der Waals surface area contributed by atoms with E-state index < -0.39 is 0 Å². The van der Waals surface area contributed by atoms with Crippen molar-refractivity contribution in [3.8, 4) is 0 Å². The van der Waals surface area contributed by atoms with Crippen molar-refractivity contribution >= 4 is 23.5 Å². The lowest BCUT2D eigenvalue weighted by atomic mass is 10.1. The van der Waals surface area contributed by atoms with E-state index in [1.54, 1.807) is 0 Å². The molecule has 2 heterocycles. The number of allylic oxidation sites excluding steroid dienone is 1. The van der Waals surface area contributed by atoms with Crippen LogP contribution in [0.1, 0.15) is 43.2 Å². The molecule has 104 valence electrons.